The van der Waals surface area contributed by atoms with Crippen LogP contribution in [-0.4, -0.2) is 23.4 Å². The van der Waals surface area contributed by atoms with E-state index in [1.54, 1.807) is 24.5 Å². The van der Waals surface area contributed by atoms with Gasteiger partial charge < -0.3 is 16.4 Å². The summed E-state index contributed by atoms with van der Waals surface area (Å²) in [7, 11) is 0. The Bertz CT molecular complexity index is 637. The first-order chi connectivity index (χ1) is 10.7. The molecule has 0 radical (unpaired) electrons. The summed E-state index contributed by atoms with van der Waals surface area (Å²) in [5.41, 5.74) is 8.48. The molecular weight excluding hydrogens is 278 g/mol. The minimum atomic E-state index is -0.251. The van der Waals surface area contributed by atoms with Crippen LogP contribution in [0.15, 0.2) is 53.8 Å². The van der Waals surface area contributed by atoms with E-state index in [2.05, 4.69) is 27.5 Å². The van der Waals surface area contributed by atoms with Crippen LogP contribution in [-0.2, 0) is 11.2 Å². The van der Waals surface area contributed by atoms with E-state index in [4.69, 9.17) is 5.73 Å². The maximum atomic E-state index is 11.7. The fraction of sp³-hybridized carbons (Fsp3) is 0.188. The number of aromatic nitrogens is 1. The maximum Gasteiger partial charge on any atom is 0.246 e. The highest BCUT2D eigenvalue weighted by Gasteiger charge is 2.02. The second kappa shape index (κ2) is 7.78. The van der Waals surface area contributed by atoms with Gasteiger partial charge in [0.1, 0.15) is 6.54 Å². The second-order valence-corrected chi connectivity index (χ2v) is 4.67. The van der Waals surface area contributed by atoms with Gasteiger partial charge in [-0.15, -0.1) is 0 Å². The summed E-state index contributed by atoms with van der Waals surface area (Å²) in [6.45, 7) is 2.04. The number of pyridine rings is 1. The smallest absolute Gasteiger partial charge is 0.246 e. The molecule has 114 valence electrons. The lowest BCUT2D eigenvalue weighted by Crippen LogP contribution is -2.25. The van der Waals surface area contributed by atoms with Crippen LogP contribution in [0.5, 0.6) is 0 Å². The molecule has 0 aliphatic rings. The molecule has 1 aromatic heterocycles. The summed E-state index contributed by atoms with van der Waals surface area (Å²) in [6, 6.07) is 11.4. The van der Waals surface area contributed by atoms with Gasteiger partial charge in [0.15, 0.2) is 5.96 Å². The van der Waals surface area contributed by atoms with Gasteiger partial charge in [-0.1, -0.05) is 19.1 Å². The van der Waals surface area contributed by atoms with Crippen molar-refractivity contribution in [3.8, 4) is 0 Å². The Hall–Kier alpha value is -2.89. The van der Waals surface area contributed by atoms with Crippen molar-refractivity contribution in [1.82, 2.24) is 4.98 Å². The van der Waals surface area contributed by atoms with Crippen molar-refractivity contribution in [3.05, 3.63) is 54.4 Å². The lowest BCUT2D eigenvalue weighted by Gasteiger charge is -2.07. The van der Waals surface area contributed by atoms with E-state index in [9.17, 15) is 4.79 Å². The highest BCUT2D eigenvalue weighted by atomic mass is 16.1. The van der Waals surface area contributed by atoms with Crippen LogP contribution in [0, 0.1) is 0 Å². The van der Waals surface area contributed by atoms with E-state index in [0.717, 1.165) is 12.1 Å². The molecule has 0 atom stereocenters. The second-order valence-electron chi connectivity index (χ2n) is 4.67. The number of nitrogens with two attached hydrogens (primary N) is 1. The average molecular weight is 297 g/mol. The monoisotopic (exact) mass is 297 g/mol. The van der Waals surface area contributed by atoms with Gasteiger partial charge in [0.25, 0.3) is 0 Å². The molecule has 0 unspecified atom stereocenters. The predicted octanol–water partition coefficient (Wildman–Crippen LogP) is 2.01. The first-order valence-corrected chi connectivity index (χ1v) is 7.03. The number of rotatable bonds is 5. The summed E-state index contributed by atoms with van der Waals surface area (Å²) in [4.78, 5) is 19.6. The number of hydrogen-bond acceptors (Lipinski definition) is 3. The van der Waals surface area contributed by atoms with Crippen molar-refractivity contribution in [2.75, 3.05) is 17.2 Å². The number of nitrogens with zero attached hydrogens (tertiary/aromatic N) is 2. The summed E-state index contributed by atoms with van der Waals surface area (Å²) in [5, 5.41) is 5.63. The van der Waals surface area contributed by atoms with Crippen LogP contribution in [0.1, 0.15) is 12.5 Å². The molecule has 22 heavy (non-hydrogen) atoms. The Morgan fingerprint density at radius 3 is 2.59 bits per heavy atom. The van der Waals surface area contributed by atoms with Crippen molar-refractivity contribution in [2.45, 2.75) is 13.3 Å². The van der Waals surface area contributed by atoms with Gasteiger partial charge in [-0.3, -0.25) is 9.78 Å². The Morgan fingerprint density at radius 2 is 1.95 bits per heavy atom. The zero-order valence-corrected chi connectivity index (χ0v) is 12.4. The molecule has 0 aliphatic heterocycles. The van der Waals surface area contributed by atoms with Crippen LogP contribution in [0.4, 0.5) is 11.4 Å². The number of amides is 1. The molecule has 0 spiro atoms. The third kappa shape index (κ3) is 4.90. The van der Waals surface area contributed by atoms with Gasteiger partial charge in [0.2, 0.25) is 5.91 Å². The van der Waals surface area contributed by atoms with E-state index in [1.807, 2.05) is 24.3 Å². The fourth-order valence-corrected chi connectivity index (χ4v) is 1.81. The molecule has 0 saturated heterocycles. The molecule has 2 rings (SSSR count). The molecule has 2 aromatic rings. The third-order valence-electron chi connectivity index (χ3n) is 2.97. The van der Waals surface area contributed by atoms with Crippen LogP contribution < -0.4 is 16.4 Å². The highest BCUT2D eigenvalue weighted by Crippen LogP contribution is 2.09. The van der Waals surface area contributed by atoms with Gasteiger partial charge in [-0.05, 0) is 36.2 Å². The van der Waals surface area contributed by atoms with Gasteiger partial charge in [0, 0.05) is 11.9 Å². The van der Waals surface area contributed by atoms with E-state index in [-0.39, 0.29) is 18.4 Å². The molecule has 6 heteroatoms. The zero-order chi connectivity index (χ0) is 15.8. The fourth-order valence-electron chi connectivity index (χ4n) is 1.81. The van der Waals surface area contributed by atoms with E-state index < -0.39 is 0 Å². The molecule has 0 fully saturated rings. The number of nitrogens with one attached hydrogen (secondary N) is 2. The molecule has 0 aliphatic carbocycles. The molecule has 1 amide bonds. The van der Waals surface area contributed by atoms with Gasteiger partial charge in [-0.2, -0.15) is 0 Å². The number of carbonyl (C=O) groups excluding carboxylic acids is 1. The van der Waals surface area contributed by atoms with Crippen molar-refractivity contribution >= 4 is 23.2 Å². The Balaban J connectivity index is 1.85. The normalized spacial score (nSPS) is 11.0. The first kappa shape index (κ1) is 15.5. The zero-order valence-electron chi connectivity index (χ0n) is 12.4. The largest absolute Gasteiger partial charge is 0.370 e. The number of hydrogen-bond donors (Lipinski definition) is 3. The molecule has 1 aromatic carbocycles. The molecule has 4 N–H and O–H groups in total. The molecule has 0 saturated carbocycles. The summed E-state index contributed by atoms with van der Waals surface area (Å²) >= 11 is 0. The number of aryl methyl sites for hydroxylation is 1. The van der Waals surface area contributed by atoms with E-state index >= 15 is 0 Å². The minimum absolute atomic E-state index is 0.0548. The third-order valence-corrected chi connectivity index (χ3v) is 2.97. The number of aliphatic imine (C=N–C) groups is 1. The number of carbonyl (C=O) groups is 1. The Morgan fingerprint density at radius 1 is 1.18 bits per heavy atom. The maximum absolute atomic E-state index is 11.7. The lowest BCUT2D eigenvalue weighted by molar-refractivity contribution is -0.114. The highest BCUT2D eigenvalue weighted by molar-refractivity contribution is 5.96. The van der Waals surface area contributed by atoms with Crippen LogP contribution in [0.25, 0.3) is 0 Å². The number of anilines is 2. The molecule has 6 nitrogen and oxygen atoms in total. The average Bonchev–Trinajstić information content (AvgIpc) is 2.55. The van der Waals surface area contributed by atoms with Gasteiger partial charge in [0.05, 0.1) is 11.9 Å². The van der Waals surface area contributed by atoms with Crippen LogP contribution in [0.2, 0.25) is 0 Å². The van der Waals surface area contributed by atoms with Crippen molar-refractivity contribution in [1.29, 1.82) is 0 Å². The van der Waals surface area contributed by atoms with Crippen LogP contribution >= 0.6 is 0 Å². The SMILES string of the molecule is CCc1ccc(NC(N)=NCC(=O)Nc2cccnc2)cc1. The molecular formula is C16H19N5O. The predicted molar refractivity (Wildman–Crippen MR) is 88.8 cm³/mol. The van der Waals surface area contributed by atoms with Gasteiger partial charge in [-0.25, -0.2) is 4.99 Å². The van der Waals surface area contributed by atoms with E-state index in [0.29, 0.717) is 5.69 Å². The Labute approximate surface area is 129 Å². The van der Waals surface area contributed by atoms with Crippen molar-refractivity contribution in [2.24, 2.45) is 10.7 Å². The van der Waals surface area contributed by atoms with E-state index in [1.165, 1.54) is 5.56 Å². The summed E-state index contributed by atoms with van der Waals surface area (Å²) < 4.78 is 0. The lowest BCUT2D eigenvalue weighted by atomic mass is 10.1. The summed E-state index contributed by atoms with van der Waals surface area (Å²) in [5.74, 6) is -0.0512. The summed E-state index contributed by atoms with van der Waals surface area (Å²) in [6.07, 6.45) is 4.19. The molecule has 0 bridgehead atoms. The quantitative estimate of drug-likeness (QED) is 0.581. The van der Waals surface area contributed by atoms with Crippen molar-refractivity contribution in [3.63, 3.8) is 0 Å². The van der Waals surface area contributed by atoms with Crippen LogP contribution in [0.3, 0.4) is 0 Å². The number of benzene rings is 1. The standard InChI is InChI=1S/C16H19N5O/c1-2-12-5-7-13(8-6-12)21-16(17)19-11-15(22)20-14-4-3-9-18-10-14/h3-10H,2,11H2,1H3,(H,20,22)(H3,17,19,21). The first-order valence-electron chi connectivity index (χ1n) is 7.03. The molecule has 1 heterocycles. The van der Waals surface area contributed by atoms with Gasteiger partial charge >= 0.3 is 0 Å². The van der Waals surface area contributed by atoms with Crippen molar-refractivity contribution < 1.29 is 4.79 Å². The Kier molecular flexibility index (Phi) is 5.48. The topological polar surface area (TPSA) is 92.4 Å². The minimum Gasteiger partial charge on any atom is -0.370 e. The number of guanidine groups is 1.